The van der Waals surface area contributed by atoms with Gasteiger partial charge < -0.3 is 10.6 Å². The number of nitrogens with one attached hydrogen (secondary N) is 1. The van der Waals surface area contributed by atoms with Crippen LogP contribution in [-0.2, 0) is 11.2 Å². The molecule has 1 aliphatic heterocycles. The number of nitrogens with two attached hydrogens (primary N) is 1. The summed E-state index contributed by atoms with van der Waals surface area (Å²) in [5.41, 5.74) is 6.64. The molecule has 1 aliphatic rings. The molecule has 102 valence electrons. The van der Waals surface area contributed by atoms with Gasteiger partial charge in [-0.1, -0.05) is 30.3 Å². The minimum Gasteiger partial charge on any atom is -0.387 e. The number of likely N-dealkylation sites (tertiary alicyclic amines) is 1. The van der Waals surface area contributed by atoms with E-state index in [9.17, 15) is 4.79 Å². The summed E-state index contributed by atoms with van der Waals surface area (Å²) in [4.78, 5) is 13.6. The first kappa shape index (κ1) is 13.6. The standard InChI is InChI=1S/C15H21N3O/c16-14(17)11-15(19)18-8-6-13(7-9-18)10-12-4-2-1-3-5-12/h1-5,13H,6-11H2,(H3,16,17). The first-order valence-corrected chi connectivity index (χ1v) is 6.79. The van der Waals surface area contributed by atoms with E-state index in [1.165, 1.54) is 5.56 Å². The maximum Gasteiger partial charge on any atom is 0.230 e. The lowest BCUT2D eigenvalue weighted by Gasteiger charge is -2.32. The second-order valence-corrected chi connectivity index (χ2v) is 5.22. The Hall–Kier alpha value is -1.84. The lowest BCUT2D eigenvalue weighted by Crippen LogP contribution is -2.40. The fraction of sp³-hybridized carbons (Fsp3) is 0.467. The van der Waals surface area contributed by atoms with Gasteiger partial charge in [-0.15, -0.1) is 0 Å². The molecule has 1 amide bonds. The first-order valence-electron chi connectivity index (χ1n) is 6.79. The van der Waals surface area contributed by atoms with Gasteiger partial charge in [-0.3, -0.25) is 10.2 Å². The Balaban J connectivity index is 1.79. The third kappa shape index (κ3) is 4.09. The van der Waals surface area contributed by atoms with Crippen molar-refractivity contribution in [3.63, 3.8) is 0 Å². The number of carbonyl (C=O) groups is 1. The Kier molecular flexibility index (Phi) is 4.55. The van der Waals surface area contributed by atoms with Crippen molar-refractivity contribution < 1.29 is 4.79 Å². The fourth-order valence-corrected chi connectivity index (χ4v) is 2.61. The summed E-state index contributed by atoms with van der Waals surface area (Å²) in [5, 5.41) is 7.16. The molecule has 0 aromatic heterocycles. The highest BCUT2D eigenvalue weighted by Gasteiger charge is 2.22. The smallest absolute Gasteiger partial charge is 0.230 e. The van der Waals surface area contributed by atoms with Crippen LogP contribution < -0.4 is 5.73 Å². The molecule has 19 heavy (non-hydrogen) atoms. The van der Waals surface area contributed by atoms with Gasteiger partial charge in [-0.05, 0) is 30.7 Å². The molecule has 0 bridgehead atoms. The zero-order chi connectivity index (χ0) is 13.7. The van der Waals surface area contributed by atoms with Crippen molar-refractivity contribution in [1.29, 1.82) is 5.41 Å². The third-order valence-corrected chi connectivity index (χ3v) is 3.68. The molecule has 4 nitrogen and oxygen atoms in total. The van der Waals surface area contributed by atoms with E-state index in [1.54, 1.807) is 0 Å². The number of hydrogen-bond donors (Lipinski definition) is 2. The minimum absolute atomic E-state index is 0.00865. The van der Waals surface area contributed by atoms with Crippen LogP contribution >= 0.6 is 0 Å². The number of benzene rings is 1. The summed E-state index contributed by atoms with van der Waals surface area (Å²) < 4.78 is 0. The monoisotopic (exact) mass is 259 g/mol. The predicted molar refractivity (Wildman–Crippen MR) is 76.0 cm³/mol. The molecule has 1 fully saturated rings. The molecule has 4 heteroatoms. The summed E-state index contributed by atoms with van der Waals surface area (Å²) >= 11 is 0. The van der Waals surface area contributed by atoms with Gasteiger partial charge >= 0.3 is 0 Å². The van der Waals surface area contributed by atoms with Crippen molar-refractivity contribution in [2.24, 2.45) is 11.7 Å². The largest absolute Gasteiger partial charge is 0.387 e. The predicted octanol–water partition coefficient (Wildman–Crippen LogP) is 1.79. The highest BCUT2D eigenvalue weighted by Crippen LogP contribution is 2.21. The van der Waals surface area contributed by atoms with Crippen LogP contribution in [0.3, 0.4) is 0 Å². The summed E-state index contributed by atoms with van der Waals surface area (Å²) in [6, 6.07) is 10.5. The number of amides is 1. The van der Waals surface area contributed by atoms with Gasteiger partial charge in [0.05, 0.1) is 12.3 Å². The number of nitrogens with zero attached hydrogens (tertiary/aromatic N) is 1. The number of amidine groups is 1. The van der Waals surface area contributed by atoms with Crippen molar-refractivity contribution in [2.45, 2.75) is 25.7 Å². The van der Waals surface area contributed by atoms with Crippen molar-refractivity contribution in [1.82, 2.24) is 4.90 Å². The van der Waals surface area contributed by atoms with Gasteiger partial charge in [0, 0.05) is 13.1 Å². The topological polar surface area (TPSA) is 70.2 Å². The third-order valence-electron chi connectivity index (χ3n) is 3.68. The van der Waals surface area contributed by atoms with Crippen LogP contribution in [0.15, 0.2) is 30.3 Å². The molecular formula is C15H21N3O. The average Bonchev–Trinajstić information content (AvgIpc) is 2.40. The van der Waals surface area contributed by atoms with Crippen LogP contribution in [0.2, 0.25) is 0 Å². The maximum absolute atomic E-state index is 11.8. The Labute approximate surface area is 114 Å². The molecular weight excluding hydrogens is 238 g/mol. The van der Waals surface area contributed by atoms with E-state index < -0.39 is 0 Å². The molecule has 1 heterocycles. The van der Waals surface area contributed by atoms with Crippen LogP contribution in [0.1, 0.15) is 24.8 Å². The van der Waals surface area contributed by atoms with E-state index in [4.69, 9.17) is 11.1 Å². The average molecular weight is 259 g/mol. The molecule has 0 radical (unpaired) electrons. The molecule has 0 aliphatic carbocycles. The van der Waals surface area contributed by atoms with E-state index in [-0.39, 0.29) is 18.2 Å². The zero-order valence-electron chi connectivity index (χ0n) is 11.1. The highest BCUT2D eigenvalue weighted by molar-refractivity contribution is 5.97. The quantitative estimate of drug-likeness (QED) is 0.639. The minimum atomic E-state index is -0.0450. The summed E-state index contributed by atoms with van der Waals surface area (Å²) in [6.07, 6.45) is 3.23. The SMILES string of the molecule is N=C(N)CC(=O)N1CCC(Cc2ccccc2)CC1. The normalized spacial score (nSPS) is 16.3. The molecule has 0 atom stereocenters. The lowest BCUT2D eigenvalue weighted by atomic mass is 9.90. The number of hydrogen-bond acceptors (Lipinski definition) is 2. The van der Waals surface area contributed by atoms with Gasteiger partial charge in [0.15, 0.2) is 0 Å². The van der Waals surface area contributed by atoms with Crippen molar-refractivity contribution in [3.05, 3.63) is 35.9 Å². The fourth-order valence-electron chi connectivity index (χ4n) is 2.61. The van der Waals surface area contributed by atoms with Crippen molar-refractivity contribution in [2.75, 3.05) is 13.1 Å². The van der Waals surface area contributed by atoms with E-state index in [0.29, 0.717) is 5.92 Å². The van der Waals surface area contributed by atoms with Crippen molar-refractivity contribution >= 4 is 11.7 Å². The lowest BCUT2D eigenvalue weighted by molar-refractivity contribution is -0.131. The summed E-state index contributed by atoms with van der Waals surface area (Å²) in [5.74, 6) is 0.603. The van der Waals surface area contributed by atoms with Crippen LogP contribution in [0.4, 0.5) is 0 Å². The number of piperidine rings is 1. The zero-order valence-corrected chi connectivity index (χ0v) is 11.1. The molecule has 0 saturated carbocycles. The van der Waals surface area contributed by atoms with E-state index in [0.717, 1.165) is 32.4 Å². The first-order chi connectivity index (χ1) is 9.15. The molecule has 0 unspecified atom stereocenters. The van der Waals surface area contributed by atoms with Crippen molar-refractivity contribution in [3.8, 4) is 0 Å². The highest BCUT2D eigenvalue weighted by atomic mass is 16.2. The molecule has 3 N–H and O–H groups in total. The van der Waals surface area contributed by atoms with Gasteiger partial charge in [-0.25, -0.2) is 0 Å². The van der Waals surface area contributed by atoms with Gasteiger partial charge in [0.25, 0.3) is 0 Å². The number of carbonyl (C=O) groups excluding carboxylic acids is 1. The number of rotatable bonds is 4. The molecule has 1 aromatic rings. The van der Waals surface area contributed by atoms with E-state index >= 15 is 0 Å². The summed E-state index contributed by atoms with van der Waals surface area (Å²) in [7, 11) is 0. The molecule has 2 rings (SSSR count). The van der Waals surface area contributed by atoms with Gasteiger partial charge in [-0.2, -0.15) is 0 Å². The Morgan fingerprint density at radius 2 is 1.89 bits per heavy atom. The van der Waals surface area contributed by atoms with Crippen LogP contribution in [0, 0.1) is 11.3 Å². The summed E-state index contributed by atoms with van der Waals surface area (Å²) in [6.45, 7) is 1.59. The van der Waals surface area contributed by atoms with Crippen LogP contribution in [-0.4, -0.2) is 29.7 Å². The van der Waals surface area contributed by atoms with Crippen LogP contribution in [0.5, 0.6) is 0 Å². The van der Waals surface area contributed by atoms with Crippen LogP contribution in [0.25, 0.3) is 0 Å². The van der Waals surface area contributed by atoms with Gasteiger partial charge in [0.2, 0.25) is 5.91 Å². The second kappa shape index (κ2) is 6.36. The second-order valence-electron chi connectivity index (χ2n) is 5.22. The van der Waals surface area contributed by atoms with E-state index in [1.807, 2.05) is 11.0 Å². The Bertz CT molecular complexity index is 436. The molecule has 1 aromatic carbocycles. The maximum atomic E-state index is 11.8. The van der Waals surface area contributed by atoms with Gasteiger partial charge in [0.1, 0.15) is 0 Å². The molecule has 1 saturated heterocycles. The van der Waals surface area contributed by atoms with E-state index in [2.05, 4.69) is 24.3 Å². The molecule has 0 spiro atoms. The Morgan fingerprint density at radius 1 is 1.26 bits per heavy atom. The Morgan fingerprint density at radius 3 is 2.47 bits per heavy atom.